The lowest BCUT2D eigenvalue weighted by Crippen LogP contribution is -2.46. The van der Waals surface area contributed by atoms with Crippen LogP contribution in [0.3, 0.4) is 0 Å². The molecule has 1 aliphatic carbocycles. The van der Waals surface area contributed by atoms with Crippen LogP contribution in [0.2, 0.25) is 0 Å². The van der Waals surface area contributed by atoms with Gasteiger partial charge < -0.3 is 15.4 Å². The van der Waals surface area contributed by atoms with Gasteiger partial charge in [-0.1, -0.05) is 22.0 Å². The number of hydrogen-bond acceptors (Lipinski definition) is 5. The third-order valence-corrected chi connectivity index (χ3v) is 6.57. The van der Waals surface area contributed by atoms with Gasteiger partial charge in [0.15, 0.2) is 0 Å². The maximum Gasteiger partial charge on any atom is 0.254 e. The smallest absolute Gasteiger partial charge is 0.254 e. The fourth-order valence-electron chi connectivity index (χ4n) is 4.73. The van der Waals surface area contributed by atoms with Gasteiger partial charge in [-0.25, -0.2) is 9.97 Å². The van der Waals surface area contributed by atoms with Crippen LogP contribution in [0.5, 0.6) is 0 Å². The molecule has 2 aliphatic rings. The first-order chi connectivity index (χ1) is 14.6. The number of aromatic nitrogens is 3. The third-order valence-electron chi connectivity index (χ3n) is 6.08. The SMILES string of the molecule is Nc1nc2ccc(C(=O)N3CCO[C@@H]4Cc5cc(Br)ccc5[C@@H]43)cc2n2cncc12. The number of morpholine rings is 1. The first-order valence-corrected chi connectivity index (χ1v) is 10.6. The summed E-state index contributed by atoms with van der Waals surface area (Å²) >= 11 is 3.55. The predicted molar refractivity (Wildman–Crippen MR) is 116 cm³/mol. The van der Waals surface area contributed by atoms with Crippen molar-refractivity contribution in [1.82, 2.24) is 19.3 Å². The molecule has 1 amide bonds. The molecule has 2 aromatic carbocycles. The van der Waals surface area contributed by atoms with Crippen LogP contribution in [-0.4, -0.2) is 44.4 Å². The Morgan fingerprint density at radius 2 is 2.10 bits per heavy atom. The molecule has 0 unspecified atom stereocenters. The summed E-state index contributed by atoms with van der Waals surface area (Å²) in [7, 11) is 0. The number of halogens is 1. The van der Waals surface area contributed by atoms with Crippen molar-refractivity contribution in [3.63, 3.8) is 0 Å². The lowest BCUT2D eigenvalue weighted by Gasteiger charge is -2.38. The molecule has 1 aliphatic heterocycles. The van der Waals surface area contributed by atoms with E-state index in [-0.39, 0.29) is 18.1 Å². The van der Waals surface area contributed by atoms with Crippen molar-refractivity contribution in [2.45, 2.75) is 18.6 Å². The van der Waals surface area contributed by atoms with Gasteiger partial charge in [0.25, 0.3) is 5.91 Å². The molecule has 7 nitrogen and oxygen atoms in total. The number of nitrogens with zero attached hydrogens (tertiary/aromatic N) is 4. The van der Waals surface area contributed by atoms with Crippen LogP contribution < -0.4 is 5.73 Å². The Morgan fingerprint density at radius 1 is 1.20 bits per heavy atom. The van der Waals surface area contributed by atoms with Gasteiger partial charge in [-0.05, 0) is 41.5 Å². The minimum Gasteiger partial charge on any atom is -0.382 e. The summed E-state index contributed by atoms with van der Waals surface area (Å²) in [6, 6.07) is 11.7. The Labute approximate surface area is 180 Å². The fourth-order valence-corrected chi connectivity index (χ4v) is 5.14. The van der Waals surface area contributed by atoms with Crippen LogP contribution in [0.25, 0.3) is 16.6 Å². The average Bonchev–Trinajstić information content (AvgIpc) is 3.38. The molecule has 0 bridgehead atoms. The second kappa shape index (κ2) is 6.52. The number of anilines is 1. The number of hydrogen-bond donors (Lipinski definition) is 1. The van der Waals surface area contributed by atoms with Gasteiger partial charge in [0.05, 0.1) is 42.3 Å². The molecule has 150 valence electrons. The minimum atomic E-state index is -0.0668. The number of imidazole rings is 1. The van der Waals surface area contributed by atoms with Crippen LogP contribution in [0.15, 0.2) is 53.4 Å². The topological polar surface area (TPSA) is 85.8 Å². The second-order valence-electron chi connectivity index (χ2n) is 7.75. The van der Waals surface area contributed by atoms with E-state index in [1.54, 1.807) is 12.5 Å². The lowest BCUT2D eigenvalue weighted by atomic mass is 10.0. The second-order valence-corrected chi connectivity index (χ2v) is 8.66. The zero-order valence-corrected chi connectivity index (χ0v) is 17.5. The standard InChI is InChI=1S/C22H18BrN5O2/c23-14-2-3-15-13(7-14)9-19-20(15)27(5-6-30-19)22(29)12-1-4-16-17(8-12)28-11-25-10-18(28)21(24)26-16/h1-4,7-8,10-11,19-20H,5-6,9H2,(H2,24,26)/t19-,20+/m1/s1. The highest BCUT2D eigenvalue weighted by atomic mass is 79.9. The number of nitrogens with two attached hydrogens (primary N) is 1. The molecule has 0 radical (unpaired) electrons. The molecule has 30 heavy (non-hydrogen) atoms. The Balaban J connectivity index is 1.43. The van der Waals surface area contributed by atoms with Crippen molar-refractivity contribution in [3.8, 4) is 0 Å². The molecule has 0 saturated carbocycles. The van der Waals surface area contributed by atoms with Gasteiger partial charge in [0.2, 0.25) is 0 Å². The number of carbonyl (C=O) groups excluding carboxylic acids is 1. The molecule has 2 atom stereocenters. The highest BCUT2D eigenvalue weighted by Gasteiger charge is 2.42. The fraction of sp³-hybridized carbons (Fsp3) is 0.227. The van der Waals surface area contributed by atoms with Gasteiger partial charge >= 0.3 is 0 Å². The predicted octanol–water partition coefficient (Wildman–Crippen LogP) is 3.37. The summed E-state index contributed by atoms with van der Waals surface area (Å²) in [5, 5.41) is 0. The quantitative estimate of drug-likeness (QED) is 0.467. The maximum atomic E-state index is 13.6. The van der Waals surface area contributed by atoms with E-state index < -0.39 is 0 Å². The van der Waals surface area contributed by atoms with E-state index in [1.807, 2.05) is 33.6 Å². The maximum absolute atomic E-state index is 13.6. The van der Waals surface area contributed by atoms with E-state index in [1.165, 1.54) is 11.1 Å². The summed E-state index contributed by atoms with van der Waals surface area (Å²) in [5.41, 5.74) is 11.3. The van der Waals surface area contributed by atoms with Gasteiger partial charge in [-0.3, -0.25) is 9.20 Å². The van der Waals surface area contributed by atoms with Crippen LogP contribution in [-0.2, 0) is 11.2 Å². The van der Waals surface area contributed by atoms with Crippen molar-refractivity contribution in [2.75, 3.05) is 18.9 Å². The van der Waals surface area contributed by atoms with E-state index in [2.05, 4.69) is 38.0 Å². The zero-order valence-electron chi connectivity index (χ0n) is 16.0. The molecular weight excluding hydrogens is 446 g/mol. The number of nitrogen functional groups attached to an aromatic ring is 1. The van der Waals surface area contributed by atoms with Crippen LogP contribution in [0.1, 0.15) is 27.5 Å². The Bertz CT molecular complexity index is 1330. The number of carbonyl (C=O) groups is 1. The summed E-state index contributed by atoms with van der Waals surface area (Å²) in [6.07, 6.45) is 4.19. The van der Waals surface area contributed by atoms with Gasteiger partial charge in [0.1, 0.15) is 11.3 Å². The lowest BCUT2D eigenvalue weighted by molar-refractivity contribution is -0.0516. The molecule has 0 spiro atoms. The molecular formula is C22H18BrN5O2. The van der Waals surface area contributed by atoms with Crippen molar-refractivity contribution in [2.24, 2.45) is 0 Å². The average molecular weight is 464 g/mol. The number of rotatable bonds is 1. The number of fused-ring (bicyclic) bond motifs is 6. The van der Waals surface area contributed by atoms with Crippen LogP contribution in [0, 0.1) is 0 Å². The molecule has 1 saturated heterocycles. The molecule has 4 aromatic rings. The monoisotopic (exact) mass is 463 g/mol. The minimum absolute atomic E-state index is 0.00365. The largest absolute Gasteiger partial charge is 0.382 e. The molecule has 2 aromatic heterocycles. The van der Waals surface area contributed by atoms with E-state index in [0.29, 0.717) is 24.5 Å². The Hall–Kier alpha value is -2.97. The van der Waals surface area contributed by atoms with Crippen molar-refractivity contribution >= 4 is 44.2 Å². The molecule has 2 N–H and O–H groups in total. The first-order valence-electron chi connectivity index (χ1n) is 9.82. The normalized spacial score (nSPS) is 20.5. The van der Waals surface area contributed by atoms with E-state index in [4.69, 9.17) is 10.5 Å². The van der Waals surface area contributed by atoms with Crippen molar-refractivity contribution in [1.29, 1.82) is 0 Å². The van der Waals surface area contributed by atoms with Crippen molar-refractivity contribution < 1.29 is 9.53 Å². The van der Waals surface area contributed by atoms with E-state index in [0.717, 1.165) is 27.4 Å². The highest BCUT2D eigenvalue weighted by molar-refractivity contribution is 9.10. The van der Waals surface area contributed by atoms with E-state index >= 15 is 0 Å². The number of benzene rings is 2. The molecule has 8 heteroatoms. The first kappa shape index (κ1) is 17.9. The van der Waals surface area contributed by atoms with Gasteiger partial charge in [-0.15, -0.1) is 0 Å². The molecule has 1 fully saturated rings. The highest BCUT2D eigenvalue weighted by Crippen LogP contribution is 2.41. The summed E-state index contributed by atoms with van der Waals surface area (Å²) in [4.78, 5) is 24.2. The van der Waals surface area contributed by atoms with Gasteiger partial charge in [-0.2, -0.15) is 0 Å². The number of amides is 1. The van der Waals surface area contributed by atoms with Crippen LogP contribution in [0.4, 0.5) is 5.82 Å². The summed E-state index contributed by atoms with van der Waals surface area (Å²) < 4.78 is 8.94. The van der Waals surface area contributed by atoms with Gasteiger partial charge in [0, 0.05) is 23.0 Å². The van der Waals surface area contributed by atoms with E-state index in [9.17, 15) is 4.79 Å². The molecule has 6 rings (SSSR count). The zero-order chi connectivity index (χ0) is 20.4. The van der Waals surface area contributed by atoms with Crippen molar-refractivity contribution in [3.05, 3.63) is 70.1 Å². The number of ether oxygens (including phenoxy) is 1. The summed E-state index contributed by atoms with van der Waals surface area (Å²) in [6.45, 7) is 1.10. The third kappa shape index (κ3) is 2.57. The Morgan fingerprint density at radius 3 is 3.00 bits per heavy atom. The van der Waals surface area contributed by atoms with Crippen LogP contribution >= 0.6 is 15.9 Å². The summed E-state index contributed by atoms with van der Waals surface area (Å²) in [5.74, 6) is 0.417. The Kier molecular flexibility index (Phi) is 3.88. The molecule has 3 heterocycles.